The van der Waals surface area contributed by atoms with Crippen LogP contribution in [0.1, 0.15) is 84.1 Å². The highest BCUT2D eigenvalue weighted by Gasteiger charge is 2.32. The minimum absolute atomic E-state index is 0. The lowest BCUT2D eigenvalue weighted by atomic mass is 9.78. The van der Waals surface area contributed by atoms with Crippen LogP contribution < -0.4 is 4.90 Å². The quantitative estimate of drug-likeness (QED) is 0.322. The maximum atomic E-state index is 13.0. The van der Waals surface area contributed by atoms with Crippen molar-refractivity contribution in [1.29, 1.82) is 0 Å². The van der Waals surface area contributed by atoms with Crippen molar-refractivity contribution in [2.75, 3.05) is 37.3 Å². The number of thioether (sulfide) groups is 1. The minimum atomic E-state index is -2.17. The van der Waals surface area contributed by atoms with Crippen LogP contribution in [0.5, 0.6) is 0 Å². The number of halogens is 3. The van der Waals surface area contributed by atoms with Crippen LogP contribution in [0.2, 0.25) is 5.02 Å². The predicted molar refractivity (Wildman–Crippen MR) is 169 cm³/mol. The van der Waals surface area contributed by atoms with Gasteiger partial charge in [0.25, 0.3) is 0 Å². The van der Waals surface area contributed by atoms with Gasteiger partial charge in [0.05, 0.1) is 10.9 Å². The van der Waals surface area contributed by atoms with Gasteiger partial charge in [0, 0.05) is 36.8 Å². The zero-order chi connectivity index (χ0) is 28.2. The molecule has 0 radical (unpaired) electrons. The van der Waals surface area contributed by atoms with E-state index < -0.39 is 6.43 Å². The number of nitrogens with zero attached hydrogens (tertiary/aromatic N) is 2. The first-order chi connectivity index (χ1) is 18.8. The highest BCUT2D eigenvalue weighted by Crippen LogP contribution is 2.36. The molecule has 0 aromatic heterocycles. The van der Waals surface area contributed by atoms with Gasteiger partial charge in [0.15, 0.2) is 0 Å². The smallest absolute Gasteiger partial charge is 0.235 e. The average molecular weight is 595 g/mol. The summed E-state index contributed by atoms with van der Waals surface area (Å²) in [5.41, 5.74) is 2.37. The Bertz CT molecular complexity index is 982. The Hall–Kier alpha value is -1.79. The van der Waals surface area contributed by atoms with Crippen LogP contribution in [0.4, 0.5) is 14.5 Å². The Morgan fingerprint density at radius 2 is 1.38 bits per heavy atom. The van der Waals surface area contributed by atoms with Crippen molar-refractivity contribution in [2.24, 2.45) is 11.8 Å². The van der Waals surface area contributed by atoms with Gasteiger partial charge in [-0.05, 0) is 81.4 Å². The van der Waals surface area contributed by atoms with E-state index in [1.807, 2.05) is 25.1 Å². The number of alkyl halides is 2. The maximum Gasteiger partial charge on any atom is 0.235 e. The van der Waals surface area contributed by atoms with E-state index in [9.17, 15) is 13.6 Å². The van der Waals surface area contributed by atoms with Crippen molar-refractivity contribution < 1.29 is 13.6 Å². The molecule has 224 valence electrons. The summed E-state index contributed by atoms with van der Waals surface area (Å²) < 4.78 is 20.7. The number of anilines is 1. The first kappa shape index (κ1) is 34.4. The van der Waals surface area contributed by atoms with Gasteiger partial charge in [0.1, 0.15) is 0 Å². The van der Waals surface area contributed by atoms with E-state index in [-0.39, 0.29) is 19.3 Å². The Kier molecular flexibility index (Phi) is 15.4. The summed E-state index contributed by atoms with van der Waals surface area (Å²) in [6.45, 7) is 6.89. The average Bonchev–Trinajstić information content (AvgIpc) is 2.92. The van der Waals surface area contributed by atoms with Crippen LogP contribution in [-0.4, -0.2) is 49.7 Å². The van der Waals surface area contributed by atoms with E-state index in [4.69, 9.17) is 11.6 Å². The second-order valence-corrected chi connectivity index (χ2v) is 12.1. The molecule has 1 unspecified atom stereocenters. The van der Waals surface area contributed by atoms with Crippen molar-refractivity contribution in [1.82, 2.24) is 4.90 Å². The SMILES string of the molecule is C.C1CCC1.CC(F)F.CSc1ccc(N2CCC(C3CCN(C(=O)C(C)c4ccccc4)CC3)CC2)cc1Cl. The molecular weight excluding hydrogens is 546 g/mol. The summed E-state index contributed by atoms with van der Waals surface area (Å²) in [5, 5.41) is 0.855. The molecule has 0 bridgehead atoms. The maximum absolute atomic E-state index is 13.0. The second kappa shape index (κ2) is 17.9. The molecule has 2 aromatic rings. The fourth-order valence-corrected chi connectivity index (χ4v) is 6.34. The van der Waals surface area contributed by atoms with Crippen LogP contribution in [-0.2, 0) is 4.79 Å². The summed E-state index contributed by atoms with van der Waals surface area (Å²) in [4.78, 5) is 18.7. The minimum Gasteiger partial charge on any atom is -0.371 e. The van der Waals surface area contributed by atoms with Gasteiger partial charge >= 0.3 is 0 Å². The molecule has 2 heterocycles. The van der Waals surface area contributed by atoms with Crippen LogP contribution in [0.3, 0.4) is 0 Å². The predicted octanol–water partition coefficient (Wildman–Crippen LogP) is 9.79. The number of carbonyl (C=O) groups excluding carboxylic acids is 1. The number of hydrogen-bond acceptors (Lipinski definition) is 3. The van der Waals surface area contributed by atoms with Crippen molar-refractivity contribution in [3.05, 3.63) is 59.1 Å². The first-order valence-corrected chi connectivity index (χ1v) is 16.1. The number of likely N-dealkylation sites (tertiary alicyclic amines) is 1. The summed E-state index contributed by atoms with van der Waals surface area (Å²) in [7, 11) is 0. The molecule has 2 aliphatic heterocycles. The van der Waals surface area contributed by atoms with Gasteiger partial charge in [-0.3, -0.25) is 4.79 Å². The fraction of sp³-hybridized carbons (Fsp3) is 0.606. The Morgan fingerprint density at radius 3 is 1.82 bits per heavy atom. The third kappa shape index (κ3) is 10.6. The molecule has 0 N–H and O–H groups in total. The van der Waals surface area contributed by atoms with Gasteiger partial charge in [-0.1, -0.05) is 75.0 Å². The lowest BCUT2D eigenvalue weighted by molar-refractivity contribution is -0.134. The zero-order valence-corrected chi connectivity index (χ0v) is 25.3. The molecule has 7 heteroatoms. The van der Waals surface area contributed by atoms with Crippen molar-refractivity contribution in [3.63, 3.8) is 0 Å². The fourth-order valence-electron chi connectivity index (χ4n) is 5.48. The van der Waals surface area contributed by atoms with Gasteiger partial charge in [-0.25, -0.2) is 8.78 Å². The number of rotatable bonds is 5. The van der Waals surface area contributed by atoms with Crippen molar-refractivity contribution >= 4 is 35.0 Å². The summed E-state index contributed by atoms with van der Waals surface area (Å²) in [5.74, 6) is 1.76. The Morgan fingerprint density at radius 1 is 0.875 bits per heavy atom. The molecule has 1 amide bonds. The summed E-state index contributed by atoms with van der Waals surface area (Å²) in [6.07, 6.45) is 10.7. The standard InChI is InChI=1S/C26H33ClN2OS.C4H8.C2H4F2.CH4/c1-19(20-6-4-3-5-7-20)26(30)29-16-12-22(13-17-29)21-10-14-28(15-11-21)23-8-9-25(31-2)24(27)18-23;1-2-4-3-1;1-2(3)4;/h3-9,18-19,21-22H,10-17H2,1-2H3;1-4H2;2H,1H3;1H4. The number of hydrogen-bond donors (Lipinski definition) is 0. The Balaban J connectivity index is 0.000000543. The number of amides is 1. The number of piperidine rings is 2. The lowest BCUT2D eigenvalue weighted by Crippen LogP contribution is -2.44. The Labute approximate surface area is 251 Å². The molecule has 3 fully saturated rings. The normalized spacial score (nSPS) is 18.4. The molecule has 0 spiro atoms. The number of carbonyl (C=O) groups is 1. The second-order valence-electron chi connectivity index (χ2n) is 10.9. The van der Waals surface area contributed by atoms with Crippen LogP contribution in [0, 0.1) is 11.8 Å². The molecule has 2 aromatic carbocycles. The van der Waals surface area contributed by atoms with Crippen LogP contribution in [0.15, 0.2) is 53.4 Å². The molecule has 3 aliphatic rings. The van der Waals surface area contributed by atoms with E-state index >= 15 is 0 Å². The highest BCUT2D eigenvalue weighted by atomic mass is 35.5. The molecule has 1 atom stereocenters. The molecule has 2 saturated heterocycles. The van der Waals surface area contributed by atoms with E-state index in [0.29, 0.717) is 0 Å². The van der Waals surface area contributed by atoms with Crippen molar-refractivity contribution in [2.45, 2.75) is 89.9 Å². The molecule has 40 heavy (non-hydrogen) atoms. The van der Waals surface area contributed by atoms with E-state index in [1.54, 1.807) is 11.8 Å². The molecular formula is C33H49ClF2N2OS. The van der Waals surface area contributed by atoms with Gasteiger partial charge < -0.3 is 9.80 Å². The van der Waals surface area contributed by atoms with Gasteiger partial charge in [-0.2, -0.15) is 0 Å². The molecule has 1 aliphatic carbocycles. The van der Waals surface area contributed by atoms with E-state index in [2.05, 4.69) is 46.4 Å². The zero-order valence-electron chi connectivity index (χ0n) is 23.8. The number of benzene rings is 2. The largest absolute Gasteiger partial charge is 0.371 e. The topological polar surface area (TPSA) is 23.6 Å². The van der Waals surface area contributed by atoms with Gasteiger partial charge in [0.2, 0.25) is 12.3 Å². The first-order valence-electron chi connectivity index (χ1n) is 14.5. The molecule has 3 nitrogen and oxygen atoms in total. The van der Waals surface area contributed by atoms with Crippen LogP contribution in [0.25, 0.3) is 0 Å². The molecule has 1 saturated carbocycles. The van der Waals surface area contributed by atoms with E-state index in [0.717, 1.165) is 73.3 Å². The summed E-state index contributed by atoms with van der Waals surface area (Å²) >= 11 is 8.11. The van der Waals surface area contributed by atoms with Gasteiger partial charge in [-0.15, -0.1) is 11.8 Å². The highest BCUT2D eigenvalue weighted by molar-refractivity contribution is 7.98. The van der Waals surface area contributed by atoms with E-state index in [1.165, 1.54) is 44.2 Å². The molecule has 5 rings (SSSR count). The van der Waals surface area contributed by atoms with Crippen molar-refractivity contribution in [3.8, 4) is 0 Å². The lowest BCUT2D eigenvalue weighted by Gasteiger charge is -2.41. The summed E-state index contributed by atoms with van der Waals surface area (Å²) in [6, 6.07) is 16.6. The third-order valence-corrected chi connectivity index (χ3v) is 9.45. The third-order valence-electron chi connectivity index (χ3n) is 8.23. The van der Waals surface area contributed by atoms with Crippen LogP contribution >= 0.6 is 23.4 Å². The monoisotopic (exact) mass is 594 g/mol.